The number of nitrogens with zero attached hydrogens (tertiary/aromatic N) is 1. The number of thioether (sulfide) groups is 1. The summed E-state index contributed by atoms with van der Waals surface area (Å²) in [5, 5.41) is 9.22. The van der Waals surface area contributed by atoms with Crippen LogP contribution in [0.4, 0.5) is 4.39 Å². The van der Waals surface area contributed by atoms with Crippen molar-refractivity contribution < 1.29 is 9.13 Å². The molecule has 3 nitrogen and oxygen atoms in total. The molecule has 0 bridgehead atoms. The van der Waals surface area contributed by atoms with E-state index >= 15 is 0 Å². The Bertz CT molecular complexity index is 730. The smallest absolute Gasteiger partial charge is 0.128 e. The predicted molar refractivity (Wildman–Crippen MR) is 101 cm³/mol. The summed E-state index contributed by atoms with van der Waals surface area (Å²) in [7, 11) is 0. The molecular weight excluding hydrogens is 335 g/mol. The molecular formula is C20H23FN2OS. The number of rotatable bonds is 8. The quantitative estimate of drug-likeness (QED) is 0.767. The molecule has 0 heterocycles. The van der Waals surface area contributed by atoms with Crippen molar-refractivity contribution >= 4 is 11.8 Å². The van der Waals surface area contributed by atoms with E-state index < -0.39 is 10.3 Å². The van der Waals surface area contributed by atoms with Crippen LogP contribution in [-0.4, -0.2) is 17.1 Å². The Balaban J connectivity index is 2.14. The van der Waals surface area contributed by atoms with E-state index in [4.69, 9.17) is 10.5 Å². The summed E-state index contributed by atoms with van der Waals surface area (Å²) >= 11 is 1.40. The van der Waals surface area contributed by atoms with Crippen LogP contribution in [0.1, 0.15) is 25.0 Å². The van der Waals surface area contributed by atoms with Gasteiger partial charge in [-0.2, -0.15) is 5.26 Å². The lowest BCUT2D eigenvalue weighted by Gasteiger charge is -2.32. The highest BCUT2D eigenvalue weighted by Crippen LogP contribution is 2.32. The van der Waals surface area contributed by atoms with Gasteiger partial charge in [-0.05, 0) is 25.5 Å². The van der Waals surface area contributed by atoms with Crippen LogP contribution in [-0.2, 0) is 16.9 Å². The summed E-state index contributed by atoms with van der Waals surface area (Å²) in [4.78, 5) is 0. The third-order valence-corrected chi connectivity index (χ3v) is 5.31. The van der Waals surface area contributed by atoms with E-state index in [0.717, 1.165) is 5.56 Å². The lowest BCUT2D eigenvalue weighted by Crippen LogP contribution is -2.45. The SMILES string of the molecule is CC(C)(C#N)SCC(N)(COCc1ccccc1)c1ccccc1F. The molecule has 2 aromatic rings. The molecule has 0 aliphatic carbocycles. The van der Waals surface area contributed by atoms with E-state index in [1.54, 1.807) is 18.2 Å². The largest absolute Gasteiger partial charge is 0.374 e. The van der Waals surface area contributed by atoms with Crippen LogP contribution >= 0.6 is 11.8 Å². The van der Waals surface area contributed by atoms with Crippen molar-refractivity contribution in [2.24, 2.45) is 5.73 Å². The fraction of sp³-hybridized carbons (Fsp3) is 0.350. The molecule has 0 saturated carbocycles. The van der Waals surface area contributed by atoms with Gasteiger partial charge in [0.05, 0.1) is 29.6 Å². The van der Waals surface area contributed by atoms with Gasteiger partial charge < -0.3 is 10.5 Å². The molecule has 0 aliphatic heterocycles. The maximum atomic E-state index is 14.3. The van der Waals surface area contributed by atoms with Gasteiger partial charge in [-0.25, -0.2) is 4.39 Å². The van der Waals surface area contributed by atoms with E-state index in [0.29, 0.717) is 17.9 Å². The van der Waals surface area contributed by atoms with Gasteiger partial charge >= 0.3 is 0 Å². The summed E-state index contributed by atoms with van der Waals surface area (Å²) in [6, 6.07) is 18.5. The van der Waals surface area contributed by atoms with E-state index in [9.17, 15) is 9.65 Å². The van der Waals surface area contributed by atoms with Crippen LogP contribution in [0.2, 0.25) is 0 Å². The van der Waals surface area contributed by atoms with Gasteiger partial charge in [-0.15, -0.1) is 11.8 Å². The zero-order chi connectivity index (χ0) is 18.3. The highest BCUT2D eigenvalue weighted by Gasteiger charge is 2.33. The first kappa shape index (κ1) is 19.5. The Labute approximate surface area is 153 Å². The summed E-state index contributed by atoms with van der Waals surface area (Å²) in [5.74, 6) is 0.0205. The Hall–Kier alpha value is -1.87. The number of ether oxygens (including phenoxy) is 1. The Morgan fingerprint density at radius 1 is 1.12 bits per heavy atom. The van der Waals surface area contributed by atoms with E-state index in [-0.39, 0.29) is 12.4 Å². The molecule has 0 aliphatic rings. The van der Waals surface area contributed by atoms with Crippen molar-refractivity contribution in [3.63, 3.8) is 0 Å². The number of benzene rings is 2. The summed E-state index contributed by atoms with van der Waals surface area (Å²) < 4.78 is 19.5. The first-order valence-corrected chi connectivity index (χ1v) is 9.06. The number of nitriles is 1. The summed E-state index contributed by atoms with van der Waals surface area (Å²) in [6.45, 7) is 4.21. The second kappa shape index (κ2) is 8.48. The Kier molecular flexibility index (Phi) is 6.60. The molecule has 1 unspecified atom stereocenters. The molecule has 2 N–H and O–H groups in total. The van der Waals surface area contributed by atoms with Crippen molar-refractivity contribution in [1.82, 2.24) is 0 Å². The minimum Gasteiger partial charge on any atom is -0.374 e. The van der Waals surface area contributed by atoms with E-state index in [1.165, 1.54) is 17.8 Å². The molecule has 0 radical (unpaired) electrons. The summed E-state index contributed by atoms with van der Waals surface area (Å²) in [6.07, 6.45) is 0. The maximum absolute atomic E-state index is 14.3. The fourth-order valence-corrected chi connectivity index (χ4v) is 3.25. The monoisotopic (exact) mass is 358 g/mol. The third-order valence-electron chi connectivity index (χ3n) is 3.84. The van der Waals surface area contributed by atoms with Crippen molar-refractivity contribution in [2.75, 3.05) is 12.4 Å². The highest BCUT2D eigenvalue weighted by molar-refractivity contribution is 8.00. The first-order valence-electron chi connectivity index (χ1n) is 8.07. The second-order valence-electron chi connectivity index (χ2n) is 6.53. The molecule has 132 valence electrons. The minimum atomic E-state index is -1.01. The van der Waals surface area contributed by atoms with E-state index in [2.05, 4.69) is 6.07 Å². The van der Waals surface area contributed by atoms with Crippen LogP contribution in [0.15, 0.2) is 54.6 Å². The average Bonchev–Trinajstić information content (AvgIpc) is 2.61. The molecule has 0 fully saturated rings. The predicted octanol–water partition coefficient (Wildman–Crippen LogP) is 4.23. The fourth-order valence-electron chi connectivity index (χ4n) is 2.33. The average molecular weight is 358 g/mol. The maximum Gasteiger partial charge on any atom is 0.128 e. The van der Waals surface area contributed by atoms with Crippen molar-refractivity contribution in [3.05, 3.63) is 71.5 Å². The van der Waals surface area contributed by atoms with Crippen LogP contribution < -0.4 is 5.73 Å². The summed E-state index contributed by atoms with van der Waals surface area (Å²) in [5.41, 5.74) is 6.97. The molecule has 25 heavy (non-hydrogen) atoms. The highest BCUT2D eigenvalue weighted by atomic mass is 32.2. The molecule has 1 atom stereocenters. The van der Waals surface area contributed by atoms with Gasteiger partial charge in [-0.1, -0.05) is 48.5 Å². The van der Waals surface area contributed by atoms with Gasteiger partial charge in [0.1, 0.15) is 5.82 Å². The van der Waals surface area contributed by atoms with Crippen molar-refractivity contribution in [3.8, 4) is 6.07 Å². The second-order valence-corrected chi connectivity index (χ2v) is 8.12. The number of halogens is 1. The normalized spacial score (nSPS) is 13.9. The van der Waals surface area contributed by atoms with Crippen molar-refractivity contribution in [1.29, 1.82) is 5.26 Å². The van der Waals surface area contributed by atoms with Crippen LogP contribution in [0.3, 0.4) is 0 Å². The van der Waals surface area contributed by atoms with Gasteiger partial charge in [0.2, 0.25) is 0 Å². The van der Waals surface area contributed by atoms with Gasteiger partial charge in [0.25, 0.3) is 0 Å². The molecule has 0 amide bonds. The number of nitrogens with two attached hydrogens (primary N) is 1. The lowest BCUT2D eigenvalue weighted by atomic mass is 9.93. The lowest BCUT2D eigenvalue weighted by molar-refractivity contribution is 0.0787. The third kappa shape index (κ3) is 5.57. The zero-order valence-electron chi connectivity index (χ0n) is 14.5. The minimum absolute atomic E-state index is 0.164. The van der Waals surface area contributed by atoms with Crippen molar-refractivity contribution in [2.45, 2.75) is 30.7 Å². The molecule has 5 heteroatoms. The van der Waals surface area contributed by atoms with Gasteiger partial charge in [0.15, 0.2) is 0 Å². The van der Waals surface area contributed by atoms with E-state index in [1.807, 2.05) is 44.2 Å². The number of hydrogen-bond acceptors (Lipinski definition) is 4. The van der Waals surface area contributed by atoms with Gasteiger partial charge in [0, 0.05) is 11.3 Å². The first-order chi connectivity index (χ1) is 11.9. The molecule has 2 aromatic carbocycles. The number of hydrogen-bond donors (Lipinski definition) is 1. The zero-order valence-corrected chi connectivity index (χ0v) is 15.4. The standard InChI is InChI=1S/C20H23FN2OS/c1-19(2,13-22)25-15-20(23,17-10-6-7-11-18(17)21)14-24-12-16-8-4-3-5-9-16/h3-11H,12,14-15,23H2,1-2H3. The van der Waals surface area contributed by atoms with Crippen LogP contribution in [0.5, 0.6) is 0 Å². The molecule has 0 aromatic heterocycles. The van der Waals surface area contributed by atoms with Crippen LogP contribution in [0.25, 0.3) is 0 Å². The Morgan fingerprint density at radius 2 is 1.76 bits per heavy atom. The molecule has 0 saturated heterocycles. The molecule has 2 rings (SSSR count). The van der Waals surface area contributed by atoms with Gasteiger partial charge in [-0.3, -0.25) is 0 Å². The van der Waals surface area contributed by atoms with Crippen LogP contribution in [0, 0.1) is 17.1 Å². The topological polar surface area (TPSA) is 59.0 Å². The molecule has 0 spiro atoms. The Morgan fingerprint density at radius 3 is 2.40 bits per heavy atom.